The van der Waals surface area contributed by atoms with Gasteiger partial charge in [0.1, 0.15) is 12.2 Å². The lowest BCUT2D eigenvalue weighted by Gasteiger charge is -2.20. The van der Waals surface area contributed by atoms with E-state index in [9.17, 15) is 24.6 Å². The molecule has 12 nitrogen and oxygen atoms in total. The lowest BCUT2D eigenvalue weighted by Crippen LogP contribution is -2.42. The Labute approximate surface area is 215 Å². The second-order valence-corrected chi connectivity index (χ2v) is 9.48. The maximum Gasteiger partial charge on any atom is 0.414 e. The summed E-state index contributed by atoms with van der Waals surface area (Å²) in [5.74, 6) is -0.544. The van der Waals surface area contributed by atoms with Gasteiger partial charge in [0.05, 0.1) is 43.5 Å². The number of pyridine rings is 2. The summed E-state index contributed by atoms with van der Waals surface area (Å²) < 4.78 is 10.5. The first-order chi connectivity index (χ1) is 17.8. The number of nitrogens with zero attached hydrogens (tertiary/aromatic N) is 3. The SMILES string of the molecule is COc1ccc2nccc([C@H](O)[C@@H](O)C(=O)NCC3CN(c4ccc5c(c4)NCC(=O)S5)C(=O)O3)c2n1. The van der Waals surface area contributed by atoms with Crippen LogP contribution >= 0.6 is 11.8 Å². The number of aliphatic hydroxyl groups excluding tert-OH is 2. The Morgan fingerprint density at radius 2 is 2.14 bits per heavy atom. The molecular weight excluding hydrogens is 502 g/mol. The third-order valence-electron chi connectivity index (χ3n) is 5.98. The summed E-state index contributed by atoms with van der Waals surface area (Å²) in [4.78, 5) is 47.3. The predicted molar refractivity (Wildman–Crippen MR) is 133 cm³/mol. The van der Waals surface area contributed by atoms with E-state index in [1.54, 1.807) is 30.3 Å². The van der Waals surface area contributed by atoms with Gasteiger partial charge in [-0.3, -0.25) is 19.5 Å². The standard InChI is InChI=1S/C24H23N5O7S/c1-35-18-5-3-15-20(28-18)14(6-7-25-15)21(31)22(32)23(33)27-9-13-11-29(24(34)36-13)12-2-4-17-16(8-12)26-10-19(30)37-17/h2-8,13,21-22,26,31-32H,9-11H2,1H3,(H,27,33)/t13?,21-,22+/m0/s1. The molecule has 37 heavy (non-hydrogen) atoms. The summed E-state index contributed by atoms with van der Waals surface area (Å²) in [6, 6.07) is 9.97. The number of hydrogen-bond acceptors (Lipinski definition) is 11. The van der Waals surface area contributed by atoms with E-state index in [-0.39, 0.29) is 30.3 Å². The number of methoxy groups -OCH3 is 1. The third kappa shape index (κ3) is 5.01. The molecule has 4 N–H and O–H groups in total. The van der Waals surface area contributed by atoms with E-state index >= 15 is 0 Å². The highest BCUT2D eigenvalue weighted by atomic mass is 32.2. The number of thioether (sulfide) groups is 1. The van der Waals surface area contributed by atoms with Gasteiger partial charge in [-0.05, 0) is 42.1 Å². The van der Waals surface area contributed by atoms with E-state index < -0.39 is 30.3 Å². The van der Waals surface area contributed by atoms with E-state index in [4.69, 9.17) is 9.47 Å². The van der Waals surface area contributed by atoms with E-state index in [1.807, 2.05) is 0 Å². The van der Waals surface area contributed by atoms with Crippen molar-refractivity contribution in [3.05, 3.63) is 48.2 Å². The van der Waals surface area contributed by atoms with Crippen LogP contribution in [0.1, 0.15) is 11.7 Å². The van der Waals surface area contributed by atoms with Crippen LogP contribution in [0.25, 0.3) is 11.0 Å². The van der Waals surface area contributed by atoms with Crippen molar-refractivity contribution in [2.24, 2.45) is 0 Å². The number of carbonyl (C=O) groups is 3. The van der Waals surface area contributed by atoms with Gasteiger partial charge < -0.3 is 30.3 Å². The van der Waals surface area contributed by atoms with E-state index in [0.29, 0.717) is 22.6 Å². The van der Waals surface area contributed by atoms with Gasteiger partial charge in [-0.2, -0.15) is 0 Å². The highest BCUT2D eigenvalue weighted by molar-refractivity contribution is 8.14. The molecule has 1 fully saturated rings. The number of cyclic esters (lactones) is 1. The molecule has 1 aromatic carbocycles. The molecule has 0 aliphatic carbocycles. The molecule has 5 rings (SSSR count). The molecule has 0 bridgehead atoms. The van der Waals surface area contributed by atoms with Crippen molar-refractivity contribution in [3.63, 3.8) is 0 Å². The van der Waals surface area contributed by atoms with Crippen LogP contribution in [0.5, 0.6) is 5.88 Å². The van der Waals surface area contributed by atoms with Crippen molar-refractivity contribution in [1.82, 2.24) is 15.3 Å². The normalized spacial score (nSPS) is 18.6. The molecule has 2 amide bonds. The fourth-order valence-corrected chi connectivity index (χ4v) is 4.86. The Morgan fingerprint density at radius 3 is 2.95 bits per heavy atom. The zero-order valence-electron chi connectivity index (χ0n) is 19.6. The monoisotopic (exact) mass is 525 g/mol. The molecule has 2 aliphatic rings. The molecule has 0 spiro atoms. The average Bonchev–Trinajstić information content (AvgIpc) is 3.30. The number of aromatic nitrogens is 2. The smallest absolute Gasteiger partial charge is 0.414 e. The largest absolute Gasteiger partial charge is 0.481 e. The molecular formula is C24H23N5O7S. The van der Waals surface area contributed by atoms with Gasteiger partial charge in [0.25, 0.3) is 5.91 Å². The van der Waals surface area contributed by atoms with Crippen LogP contribution in [0, 0.1) is 0 Å². The molecule has 13 heteroatoms. The van der Waals surface area contributed by atoms with E-state index in [0.717, 1.165) is 22.3 Å². The zero-order chi connectivity index (χ0) is 26.1. The highest BCUT2D eigenvalue weighted by Crippen LogP contribution is 2.35. The van der Waals surface area contributed by atoms with Gasteiger partial charge in [-0.25, -0.2) is 9.78 Å². The Balaban J connectivity index is 1.21. The van der Waals surface area contributed by atoms with Gasteiger partial charge in [0.2, 0.25) is 11.0 Å². The third-order valence-corrected chi connectivity index (χ3v) is 6.93. The van der Waals surface area contributed by atoms with Crippen LogP contribution in [-0.2, 0) is 14.3 Å². The van der Waals surface area contributed by atoms with E-state index in [2.05, 4.69) is 20.6 Å². The number of anilines is 2. The molecule has 1 unspecified atom stereocenters. The van der Waals surface area contributed by atoms with Crippen LogP contribution in [-0.4, -0.2) is 76.2 Å². The number of hydrogen-bond donors (Lipinski definition) is 4. The minimum Gasteiger partial charge on any atom is -0.481 e. The van der Waals surface area contributed by atoms with Crippen molar-refractivity contribution in [1.29, 1.82) is 0 Å². The van der Waals surface area contributed by atoms with E-state index in [1.165, 1.54) is 24.3 Å². The minimum absolute atomic E-state index is 0.0112. The molecule has 0 radical (unpaired) electrons. The van der Waals surface area contributed by atoms with Crippen LogP contribution in [0.4, 0.5) is 16.2 Å². The predicted octanol–water partition coefficient (Wildman–Crippen LogP) is 1.22. The Bertz CT molecular complexity index is 1390. The van der Waals surface area contributed by atoms with Gasteiger partial charge in [0, 0.05) is 28.4 Å². The van der Waals surface area contributed by atoms with Gasteiger partial charge in [-0.1, -0.05) is 0 Å². The lowest BCUT2D eigenvalue weighted by molar-refractivity contribution is -0.135. The van der Waals surface area contributed by atoms with Crippen LogP contribution in [0.3, 0.4) is 0 Å². The number of fused-ring (bicyclic) bond motifs is 2. The lowest BCUT2D eigenvalue weighted by atomic mass is 10.0. The number of carbonyl (C=O) groups excluding carboxylic acids is 3. The molecule has 4 heterocycles. The number of nitrogens with one attached hydrogen (secondary N) is 2. The van der Waals surface area contributed by atoms with Crippen LogP contribution in [0.15, 0.2) is 47.5 Å². The van der Waals surface area contributed by atoms with Crippen LogP contribution < -0.4 is 20.3 Å². The molecule has 3 atom stereocenters. The second-order valence-electron chi connectivity index (χ2n) is 8.38. The zero-order valence-corrected chi connectivity index (χ0v) is 20.4. The fraction of sp³-hybridized carbons (Fsp3) is 0.292. The number of rotatable bonds is 7. The topological polar surface area (TPSA) is 163 Å². The maximum absolute atomic E-state index is 12.6. The van der Waals surface area contributed by atoms with Crippen molar-refractivity contribution in [3.8, 4) is 5.88 Å². The van der Waals surface area contributed by atoms with Gasteiger partial charge in [-0.15, -0.1) is 0 Å². The summed E-state index contributed by atoms with van der Waals surface area (Å²) in [6.07, 6.45) is -3.20. The first-order valence-corrected chi connectivity index (χ1v) is 12.2. The summed E-state index contributed by atoms with van der Waals surface area (Å²) in [5, 5.41) is 26.8. The Hall–Kier alpha value is -3.94. The molecule has 2 aromatic heterocycles. The molecule has 3 aromatic rings. The first kappa shape index (κ1) is 24.7. The molecule has 1 saturated heterocycles. The van der Waals surface area contributed by atoms with Crippen molar-refractivity contribution in [2.75, 3.05) is 37.0 Å². The van der Waals surface area contributed by atoms with Gasteiger partial charge >= 0.3 is 6.09 Å². The minimum atomic E-state index is -1.81. The number of aliphatic hydroxyl groups is 2. The highest BCUT2D eigenvalue weighted by Gasteiger charge is 2.34. The molecule has 2 aliphatic heterocycles. The number of amides is 2. The Morgan fingerprint density at radius 1 is 1.30 bits per heavy atom. The summed E-state index contributed by atoms with van der Waals surface area (Å²) in [6.45, 7) is 0.302. The van der Waals surface area contributed by atoms with Crippen molar-refractivity contribution in [2.45, 2.75) is 23.2 Å². The summed E-state index contributed by atoms with van der Waals surface area (Å²) >= 11 is 1.14. The fourth-order valence-electron chi connectivity index (χ4n) is 4.09. The van der Waals surface area contributed by atoms with Crippen molar-refractivity contribution < 1.29 is 34.1 Å². The van der Waals surface area contributed by atoms with Gasteiger partial charge in [0.15, 0.2) is 6.10 Å². The van der Waals surface area contributed by atoms with Crippen LogP contribution in [0.2, 0.25) is 0 Å². The average molecular weight is 526 g/mol. The van der Waals surface area contributed by atoms with Crippen molar-refractivity contribution >= 4 is 51.3 Å². The molecule has 0 saturated carbocycles. The number of ether oxygens (including phenoxy) is 2. The molecule has 192 valence electrons. The number of benzene rings is 1. The summed E-state index contributed by atoms with van der Waals surface area (Å²) in [5.41, 5.74) is 2.31. The Kier molecular flexibility index (Phi) is 6.82. The summed E-state index contributed by atoms with van der Waals surface area (Å²) in [7, 11) is 1.45. The quantitative estimate of drug-likeness (QED) is 0.351. The first-order valence-electron chi connectivity index (χ1n) is 11.3. The maximum atomic E-state index is 12.6. The second kappa shape index (κ2) is 10.2.